The zero-order chi connectivity index (χ0) is 17.0. The maximum Gasteiger partial charge on any atom is 0.273 e. The van der Waals surface area contributed by atoms with Crippen LogP contribution in [0.15, 0.2) is 48.7 Å². The van der Waals surface area contributed by atoms with Crippen molar-refractivity contribution in [1.29, 1.82) is 0 Å². The molecule has 1 aromatic carbocycles. The Labute approximate surface area is 145 Å². The van der Waals surface area contributed by atoms with Crippen LogP contribution in [0.25, 0.3) is 0 Å². The standard InChI is InChI=1S/C19H18N4O2/c24-17-13-5-1-2-6-14(13)21-19(22-17)11-12-8-9-16(19)23(12)18(25)15-7-3-4-10-20-15/h1-7,10,12,16,21H,8-9,11H2,(H,22,24)/t12-,16-,19-/m1/s1. The van der Waals surface area contributed by atoms with Gasteiger partial charge in [0.2, 0.25) is 0 Å². The minimum Gasteiger partial charge on any atom is -0.360 e. The Kier molecular flexibility index (Phi) is 2.92. The van der Waals surface area contributed by atoms with E-state index in [0.717, 1.165) is 24.9 Å². The fourth-order valence-corrected chi connectivity index (χ4v) is 4.60. The Hall–Kier alpha value is -2.89. The van der Waals surface area contributed by atoms with E-state index in [4.69, 9.17) is 0 Å². The monoisotopic (exact) mass is 334 g/mol. The average Bonchev–Trinajstić information content (AvgIpc) is 3.17. The third-order valence-corrected chi connectivity index (χ3v) is 5.61. The molecule has 2 amide bonds. The number of hydrogen-bond acceptors (Lipinski definition) is 4. The molecule has 3 aliphatic rings. The topological polar surface area (TPSA) is 74.3 Å². The molecular formula is C19H18N4O2. The van der Waals surface area contributed by atoms with Gasteiger partial charge >= 0.3 is 0 Å². The summed E-state index contributed by atoms with van der Waals surface area (Å²) in [6.45, 7) is 0. The van der Waals surface area contributed by atoms with Crippen LogP contribution < -0.4 is 10.6 Å². The highest BCUT2D eigenvalue weighted by atomic mass is 16.2. The molecule has 4 heterocycles. The van der Waals surface area contributed by atoms with Gasteiger partial charge in [-0.05, 0) is 37.1 Å². The molecule has 3 aliphatic heterocycles. The van der Waals surface area contributed by atoms with E-state index in [2.05, 4.69) is 15.6 Å². The highest BCUT2D eigenvalue weighted by Crippen LogP contribution is 2.46. The minimum atomic E-state index is -0.585. The van der Waals surface area contributed by atoms with Gasteiger partial charge in [0.1, 0.15) is 11.4 Å². The summed E-state index contributed by atoms with van der Waals surface area (Å²) in [5.41, 5.74) is 1.36. The first-order valence-electron chi connectivity index (χ1n) is 8.61. The first-order valence-corrected chi connectivity index (χ1v) is 8.61. The largest absolute Gasteiger partial charge is 0.360 e. The van der Waals surface area contributed by atoms with Crippen molar-refractivity contribution in [2.75, 3.05) is 5.32 Å². The summed E-state index contributed by atoms with van der Waals surface area (Å²) in [4.78, 5) is 31.7. The Morgan fingerprint density at radius 1 is 1.12 bits per heavy atom. The molecule has 1 spiro atoms. The number of carbonyl (C=O) groups is 2. The van der Waals surface area contributed by atoms with E-state index in [1.165, 1.54) is 0 Å². The van der Waals surface area contributed by atoms with Crippen LogP contribution in [0.4, 0.5) is 5.69 Å². The van der Waals surface area contributed by atoms with Gasteiger partial charge in [-0.2, -0.15) is 0 Å². The zero-order valence-corrected chi connectivity index (χ0v) is 13.6. The maximum atomic E-state index is 13.0. The number of amides is 2. The van der Waals surface area contributed by atoms with E-state index < -0.39 is 5.66 Å². The van der Waals surface area contributed by atoms with Crippen molar-refractivity contribution in [3.05, 3.63) is 59.9 Å². The summed E-state index contributed by atoms with van der Waals surface area (Å²) in [7, 11) is 0. The minimum absolute atomic E-state index is 0.0557. The summed E-state index contributed by atoms with van der Waals surface area (Å²) in [5, 5.41) is 6.68. The maximum absolute atomic E-state index is 13.0. The van der Waals surface area contributed by atoms with Gasteiger partial charge in [0.25, 0.3) is 11.8 Å². The van der Waals surface area contributed by atoms with E-state index in [1.54, 1.807) is 18.3 Å². The lowest BCUT2D eigenvalue weighted by Crippen LogP contribution is -2.64. The fraction of sp³-hybridized carbons (Fsp3) is 0.316. The van der Waals surface area contributed by atoms with Crippen molar-refractivity contribution in [2.24, 2.45) is 0 Å². The summed E-state index contributed by atoms with van der Waals surface area (Å²) in [6, 6.07) is 12.9. The molecule has 0 radical (unpaired) electrons. The molecule has 5 rings (SSSR count). The average molecular weight is 334 g/mol. The van der Waals surface area contributed by atoms with Crippen LogP contribution in [-0.2, 0) is 0 Å². The van der Waals surface area contributed by atoms with Crippen molar-refractivity contribution in [1.82, 2.24) is 15.2 Å². The van der Waals surface area contributed by atoms with Gasteiger partial charge in [-0.1, -0.05) is 18.2 Å². The lowest BCUT2D eigenvalue weighted by atomic mass is 9.86. The highest BCUT2D eigenvalue weighted by Gasteiger charge is 2.60. The van der Waals surface area contributed by atoms with Gasteiger partial charge in [0, 0.05) is 24.3 Å². The van der Waals surface area contributed by atoms with Crippen LogP contribution in [0.3, 0.4) is 0 Å². The normalized spacial score (nSPS) is 29.3. The summed E-state index contributed by atoms with van der Waals surface area (Å²) in [5.74, 6) is -0.132. The molecule has 0 saturated carbocycles. The number of anilines is 1. The van der Waals surface area contributed by atoms with E-state index >= 15 is 0 Å². The quantitative estimate of drug-likeness (QED) is 0.837. The smallest absolute Gasteiger partial charge is 0.273 e. The molecule has 6 nitrogen and oxygen atoms in total. The molecular weight excluding hydrogens is 316 g/mol. The fourth-order valence-electron chi connectivity index (χ4n) is 4.60. The Balaban J connectivity index is 1.50. The van der Waals surface area contributed by atoms with Crippen molar-refractivity contribution in [3.8, 4) is 0 Å². The lowest BCUT2D eigenvalue weighted by Gasteiger charge is -2.43. The van der Waals surface area contributed by atoms with Gasteiger partial charge in [-0.3, -0.25) is 14.6 Å². The van der Waals surface area contributed by atoms with Crippen molar-refractivity contribution < 1.29 is 9.59 Å². The van der Waals surface area contributed by atoms with Crippen molar-refractivity contribution in [3.63, 3.8) is 0 Å². The number of fused-ring (bicyclic) bond motifs is 4. The number of aromatic nitrogens is 1. The number of pyridine rings is 1. The second kappa shape index (κ2) is 5.05. The van der Waals surface area contributed by atoms with E-state index in [0.29, 0.717) is 11.3 Å². The van der Waals surface area contributed by atoms with Crippen LogP contribution in [0.2, 0.25) is 0 Å². The predicted octanol–water partition coefficient (Wildman–Crippen LogP) is 2.01. The Bertz CT molecular complexity index is 869. The van der Waals surface area contributed by atoms with Crippen molar-refractivity contribution in [2.45, 2.75) is 37.0 Å². The van der Waals surface area contributed by atoms with Gasteiger partial charge in [-0.15, -0.1) is 0 Å². The van der Waals surface area contributed by atoms with Gasteiger partial charge < -0.3 is 15.5 Å². The molecule has 6 heteroatoms. The number of benzene rings is 1. The second-order valence-electron chi connectivity index (χ2n) is 6.97. The van der Waals surface area contributed by atoms with Crippen molar-refractivity contribution >= 4 is 17.5 Å². The van der Waals surface area contributed by atoms with Crippen LogP contribution >= 0.6 is 0 Å². The molecule has 0 unspecified atom stereocenters. The van der Waals surface area contributed by atoms with Crippen LogP contribution in [0, 0.1) is 0 Å². The molecule has 3 atom stereocenters. The number of rotatable bonds is 1. The molecule has 2 fully saturated rings. The number of nitrogens with one attached hydrogen (secondary N) is 2. The molecule has 2 bridgehead atoms. The molecule has 1 aromatic heterocycles. The van der Waals surface area contributed by atoms with Crippen LogP contribution in [0.1, 0.15) is 40.1 Å². The summed E-state index contributed by atoms with van der Waals surface area (Å²) in [6.07, 6.45) is 4.19. The predicted molar refractivity (Wildman–Crippen MR) is 92.1 cm³/mol. The first-order chi connectivity index (χ1) is 12.2. The van der Waals surface area contributed by atoms with Crippen LogP contribution in [0.5, 0.6) is 0 Å². The second-order valence-corrected chi connectivity index (χ2v) is 6.97. The zero-order valence-electron chi connectivity index (χ0n) is 13.6. The third kappa shape index (κ3) is 2.00. The molecule has 2 saturated heterocycles. The highest BCUT2D eigenvalue weighted by molar-refractivity contribution is 6.02. The summed E-state index contributed by atoms with van der Waals surface area (Å²) < 4.78 is 0. The lowest BCUT2D eigenvalue weighted by molar-refractivity contribution is 0.0686. The number of para-hydroxylation sites is 1. The van der Waals surface area contributed by atoms with E-state index in [-0.39, 0.29) is 23.9 Å². The van der Waals surface area contributed by atoms with Gasteiger partial charge in [0.15, 0.2) is 0 Å². The van der Waals surface area contributed by atoms with Crippen LogP contribution in [-0.4, -0.2) is 39.4 Å². The number of hydrogen-bond donors (Lipinski definition) is 2. The first kappa shape index (κ1) is 14.5. The molecule has 2 aromatic rings. The molecule has 0 aliphatic carbocycles. The molecule has 126 valence electrons. The Morgan fingerprint density at radius 2 is 1.96 bits per heavy atom. The third-order valence-electron chi connectivity index (χ3n) is 5.61. The molecule has 2 N–H and O–H groups in total. The number of nitrogens with zero attached hydrogens (tertiary/aromatic N) is 2. The number of carbonyl (C=O) groups excluding carboxylic acids is 2. The van der Waals surface area contributed by atoms with Gasteiger partial charge in [-0.25, -0.2) is 0 Å². The molecule has 25 heavy (non-hydrogen) atoms. The summed E-state index contributed by atoms with van der Waals surface area (Å²) >= 11 is 0. The Morgan fingerprint density at radius 3 is 2.80 bits per heavy atom. The van der Waals surface area contributed by atoms with E-state index in [1.807, 2.05) is 35.2 Å². The SMILES string of the molecule is O=C1N[C@@]2(C[C@H]3CC[C@H]2N3C(=O)c2ccccn2)Nc2ccccc21. The van der Waals surface area contributed by atoms with E-state index in [9.17, 15) is 9.59 Å². The van der Waals surface area contributed by atoms with Gasteiger partial charge in [0.05, 0.1) is 11.6 Å².